The Kier molecular flexibility index (Phi) is 7.50. The van der Waals surface area contributed by atoms with E-state index in [4.69, 9.17) is 4.42 Å². The van der Waals surface area contributed by atoms with Crippen LogP contribution in [-0.4, -0.2) is 28.1 Å². The maximum absolute atomic E-state index is 12.9. The first-order valence-electron chi connectivity index (χ1n) is 10.9. The molecule has 1 heterocycles. The smallest absolute Gasteiger partial charge is 0.287 e. The summed E-state index contributed by atoms with van der Waals surface area (Å²) in [5.41, 5.74) is 3.45. The van der Waals surface area contributed by atoms with E-state index in [9.17, 15) is 24.8 Å². The molecule has 37 heavy (non-hydrogen) atoms. The first-order valence-corrected chi connectivity index (χ1v) is 10.9. The van der Waals surface area contributed by atoms with Crippen molar-refractivity contribution in [3.63, 3.8) is 0 Å². The van der Waals surface area contributed by atoms with E-state index in [-0.39, 0.29) is 17.1 Å². The van der Waals surface area contributed by atoms with Crippen molar-refractivity contribution in [1.82, 2.24) is 10.7 Å². The molecule has 0 radical (unpaired) electrons. The van der Waals surface area contributed by atoms with Crippen LogP contribution in [0.2, 0.25) is 0 Å². The van der Waals surface area contributed by atoms with Gasteiger partial charge in [-0.3, -0.25) is 19.7 Å². The topological polar surface area (TPSA) is 147 Å². The van der Waals surface area contributed by atoms with Crippen LogP contribution in [0, 0.1) is 10.1 Å². The van der Waals surface area contributed by atoms with E-state index in [0.29, 0.717) is 28.2 Å². The Bertz CT molecular complexity index is 1490. The van der Waals surface area contributed by atoms with Gasteiger partial charge in [-0.25, -0.2) is 5.43 Å². The summed E-state index contributed by atoms with van der Waals surface area (Å²) in [4.78, 5) is 35.8. The SMILES string of the molecule is O=C(NN=Cc1ccc(-c2ccc([N+](=O)[O-])cc2)o1)C(=Cc1ccccc1O)NC(=O)c1ccccc1. The molecule has 0 atom stereocenters. The number of nitrogens with one attached hydrogen (secondary N) is 2. The van der Waals surface area contributed by atoms with E-state index >= 15 is 0 Å². The van der Waals surface area contributed by atoms with Crippen LogP contribution in [0.4, 0.5) is 5.69 Å². The van der Waals surface area contributed by atoms with Gasteiger partial charge in [0, 0.05) is 28.8 Å². The summed E-state index contributed by atoms with van der Waals surface area (Å²) in [7, 11) is 0. The maximum atomic E-state index is 12.9. The van der Waals surface area contributed by atoms with Gasteiger partial charge in [0.2, 0.25) is 0 Å². The van der Waals surface area contributed by atoms with E-state index < -0.39 is 16.7 Å². The molecule has 3 aromatic carbocycles. The van der Waals surface area contributed by atoms with Crippen LogP contribution in [-0.2, 0) is 4.79 Å². The lowest BCUT2D eigenvalue weighted by atomic mass is 10.1. The largest absolute Gasteiger partial charge is 0.507 e. The van der Waals surface area contributed by atoms with Crippen molar-refractivity contribution in [3.8, 4) is 17.1 Å². The van der Waals surface area contributed by atoms with Crippen LogP contribution in [0.5, 0.6) is 5.75 Å². The summed E-state index contributed by atoms with van der Waals surface area (Å²) in [6.45, 7) is 0. The molecule has 0 bridgehead atoms. The minimum Gasteiger partial charge on any atom is -0.507 e. The number of para-hydroxylation sites is 1. The summed E-state index contributed by atoms with van der Waals surface area (Å²) in [6, 6.07) is 23.8. The number of nitro groups is 1. The third-order valence-corrected chi connectivity index (χ3v) is 5.11. The number of rotatable bonds is 8. The van der Waals surface area contributed by atoms with Crippen LogP contribution >= 0.6 is 0 Å². The first-order chi connectivity index (χ1) is 17.9. The molecule has 2 amide bonds. The van der Waals surface area contributed by atoms with Crippen molar-refractivity contribution in [2.45, 2.75) is 0 Å². The van der Waals surface area contributed by atoms with Gasteiger partial charge in [-0.15, -0.1) is 0 Å². The number of carbonyl (C=O) groups excluding carboxylic acids is 2. The van der Waals surface area contributed by atoms with E-state index in [2.05, 4.69) is 15.8 Å². The Labute approximate surface area is 210 Å². The zero-order chi connectivity index (χ0) is 26.2. The van der Waals surface area contributed by atoms with Crippen LogP contribution in [0.1, 0.15) is 21.7 Å². The van der Waals surface area contributed by atoms with Crippen molar-refractivity contribution < 1.29 is 24.0 Å². The van der Waals surface area contributed by atoms with Gasteiger partial charge < -0.3 is 14.8 Å². The Morgan fingerprint density at radius 1 is 0.919 bits per heavy atom. The standard InChI is InChI=1S/C27H20N4O6/c32-24-9-5-4-8-20(24)16-23(29-26(33)19-6-2-1-3-7-19)27(34)30-28-17-22-14-15-25(37-22)18-10-12-21(13-11-18)31(35)36/h1-17,32H,(H,29,33)(H,30,34). The number of carbonyl (C=O) groups is 2. The van der Waals surface area contributed by atoms with Gasteiger partial charge in [-0.05, 0) is 48.5 Å². The van der Waals surface area contributed by atoms with Crippen molar-refractivity contribution >= 4 is 29.8 Å². The molecule has 0 unspecified atom stereocenters. The molecule has 10 heteroatoms. The minimum absolute atomic E-state index is 0.0353. The van der Waals surface area contributed by atoms with Gasteiger partial charge in [-0.2, -0.15) is 5.10 Å². The molecule has 0 saturated carbocycles. The molecule has 3 N–H and O–H groups in total. The highest BCUT2D eigenvalue weighted by atomic mass is 16.6. The van der Waals surface area contributed by atoms with E-state index in [1.165, 1.54) is 30.5 Å². The number of amides is 2. The number of furan rings is 1. The maximum Gasteiger partial charge on any atom is 0.287 e. The van der Waals surface area contributed by atoms with E-state index in [0.717, 1.165) is 0 Å². The Hall–Kier alpha value is -5.51. The van der Waals surface area contributed by atoms with E-state index in [1.807, 2.05) is 0 Å². The summed E-state index contributed by atoms with van der Waals surface area (Å²) in [5.74, 6) is -0.545. The normalized spacial score (nSPS) is 11.3. The minimum atomic E-state index is -0.731. The summed E-state index contributed by atoms with van der Waals surface area (Å²) in [5, 5.41) is 27.3. The first kappa shape index (κ1) is 24.6. The second-order valence-electron chi connectivity index (χ2n) is 7.64. The second-order valence-corrected chi connectivity index (χ2v) is 7.64. The lowest BCUT2D eigenvalue weighted by Crippen LogP contribution is -2.32. The molecule has 184 valence electrons. The van der Waals surface area contributed by atoms with Crippen LogP contribution < -0.4 is 10.7 Å². The van der Waals surface area contributed by atoms with Crippen molar-refractivity contribution in [3.05, 3.63) is 124 Å². The van der Waals surface area contributed by atoms with Gasteiger partial charge in [0.05, 0.1) is 11.1 Å². The molecule has 0 fully saturated rings. The number of nitrogens with zero attached hydrogens (tertiary/aromatic N) is 2. The van der Waals surface area contributed by atoms with Crippen LogP contribution in [0.15, 0.2) is 106 Å². The molecule has 0 aliphatic heterocycles. The summed E-state index contributed by atoms with van der Waals surface area (Å²) >= 11 is 0. The highest BCUT2D eigenvalue weighted by Gasteiger charge is 2.15. The number of non-ortho nitro benzene ring substituents is 1. The molecule has 4 aromatic rings. The Morgan fingerprint density at radius 3 is 2.32 bits per heavy atom. The number of phenols is 1. The molecule has 0 saturated heterocycles. The number of benzene rings is 3. The monoisotopic (exact) mass is 496 g/mol. The molecule has 0 aliphatic carbocycles. The fourth-order valence-electron chi connectivity index (χ4n) is 3.25. The highest BCUT2D eigenvalue weighted by Crippen LogP contribution is 2.24. The molecule has 4 rings (SSSR count). The average molecular weight is 496 g/mol. The third-order valence-electron chi connectivity index (χ3n) is 5.11. The fraction of sp³-hybridized carbons (Fsp3) is 0. The lowest BCUT2D eigenvalue weighted by Gasteiger charge is -2.09. The zero-order valence-corrected chi connectivity index (χ0v) is 19.2. The van der Waals surface area contributed by atoms with Crippen molar-refractivity contribution in [2.24, 2.45) is 5.10 Å². The molecular formula is C27H20N4O6. The molecule has 0 aliphatic rings. The lowest BCUT2D eigenvalue weighted by molar-refractivity contribution is -0.384. The number of hydrazone groups is 1. The van der Waals surface area contributed by atoms with Gasteiger partial charge >= 0.3 is 0 Å². The summed E-state index contributed by atoms with van der Waals surface area (Å²) in [6.07, 6.45) is 2.60. The van der Waals surface area contributed by atoms with Crippen molar-refractivity contribution in [1.29, 1.82) is 0 Å². The Balaban J connectivity index is 1.49. The number of aromatic hydroxyl groups is 1. The highest BCUT2D eigenvalue weighted by molar-refractivity contribution is 6.05. The molecular weight excluding hydrogens is 476 g/mol. The third kappa shape index (κ3) is 6.34. The van der Waals surface area contributed by atoms with Gasteiger partial charge in [0.1, 0.15) is 23.0 Å². The van der Waals surface area contributed by atoms with Crippen LogP contribution in [0.3, 0.4) is 0 Å². The average Bonchev–Trinajstić information content (AvgIpc) is 3.39. The van der Waals surface area contributed by atoms with Gasteiger partial charge in [0.25, 0.3) is 17.5 Å². The van der Waals surface area contributed by atoms with Gasteiger partial charge in [0.15, 0.2) is 0 Å². The molecule has 1 aromatic heterocycles. The summed E-state index contributed by atoms with van der Waals surface area (Å²) < 4.78 is 5.66. The molecule has 0 spiro atoms. The van der Waals surface area contributed by atoms with Crippen molar-refractivity contribution in [2.75, 3.05) is 0 Å². The number of phenolic OH excluding ortho intramolecular Hbond substituents is 1. The predicted molar refractivity (Wildman–Crippen MR) is 137 cm³/mol. The zero-order valence-electron chi connectivity index (χ0n) is 19.2. The van der Waals surface area contributed by atoms with Gasteiger partial charge in [-0.1, -0.05) is 36.4 Å². The number of nitro benzene ring substituents is 1. The Morgan fingerprint density at radius 2 is 1.62 bits per heavy atom. The quantitative estimate of drug-likeness (QED) is 0.142. The second kappa shape index (κ2) is 11.3. The number of hydrogen-bond acceptors (Lipinski definition) is 7. The predicted octanol–water partition coefficient (Wildman–Crippen LogP) is 4.48. The molecule has 10 nitrogen and oxygen atoms in total. The number of hydrogen-bond donors (Lipinski definition) is 3. The van der Waals surface area contributed by atoms with E-state index in [1.54, 1.807) is 72.8 Å². The fourth-order valence-corrected chi connectivity index (χ4v) is 3.25. The van der Waals surface area contributed by atoms with Crippen LogP contribution in [0.25, 0.3) is 17.4 Å².